The van der Waals surface area contributed by atoms with Crippen LogP contribution in [0.2, 0.25) is 0 Å². The molecule has 3 aromatic heterocycles. The first-order chi connectivity index (χ1) is 18.7. The van der Waals surface area contributed by atoms with Gasteiger partial charge in [0.25, 0.3) is 0 Å². The standard InChI is InChI=1S/C27H28FN7O3S/c1-27(2,38-24(29)36)14-17-15-33-22(28)13-19(17)18-5-3-4-16-12-21(39-23(16)18)20-6-7-30-25(34-20)31-8-10-35-11-9-32-26(35)37/h3-7,12-13,15H,8-11,14H2,1-2H3,(H2,29,36)(H,32,37)(H,30,31,34). The van der Waals surface area contributed by atoms with Gasteiger partial charge in [-0.25, -0.2) is 24.5 Å². The smallest absolute Gasteiger partial charge is 0.405 e. The summed E-state index contributed by atoms with van der Waals surface area (Å²) in [5.41, 5.74) is 7.31. The maximum Gasteiger partial charge on any atom is 0.405 e. The highest BCUT2D eigenvalue weighted by atomic mass is 32.1. The number of fused-ring (bicyclic) bond motifs is 1. The molecule has 1 aliphatic rings. The van der Waals surface area contributed by atoms with Crippen LogP contribution in [0.5, 0.6) is 0 Å². The lowest BCUT2D eigenvalue weighted by Gasteiger charge is -2.25. The van der Waals surface area contributed by atoms with Crippen molar-refractivity contribution in [3.8, 4) is 21.7 Å². The lowest BCUT2D eigenvalue weighted by atomic mass is 9.92. The molecule has 0 saturated carbocycles. The average molecular weight is 550 g/mol. The van der Waals surface area contributed by atoms with Crippen molar-refractivity contribution in [2.45, 2.75) is 25.9 Å². The van der Waals surface area contributed by atoms with E-state index in [0.717, 1.165) is 31.8 Å². The Labute approximate surface area is 228 Å². The lowest BCUT2D eigenvalue weighted by molar-refractivity contribution is 0.0460. The number of carbonyl (C=O) groups is 2. The molecule has 202 valence electrons. The first-order valence-electron chi connectivity index (χ1n) is 12.4. The van der Waals surface area contributed by atoms with Crippen molar-refractivity contribution in [3.63, 3.8) is 0 Å². The number of primary amides is 1. The Kier molecular flexibility index (Phi) is 7.29. The fourth-order valence-electron chi connectivity index (χ4n) is 4.63. The van der Waals surface area contributed by atoms with Gasteiger partial charge < -0.3 is 26.0 Å². The number of aromatic nitrogens is 3. The Balaban J connectivity index is 1.43. The normalized spacial score (nSPS) is 13.5. The van der Waals surface area contributed by atoms with E-state index in [1.165, 1.54) is 12.3 Å². The number of nitrogens with one attached hydrogen (secondary N) is 2. The van der Waals surface area contributed by atoms with Crippen LogP contribution in [-0.2, 0) is 11.2 Å². The molecule has 3 amide bonds. The van der Waals surface area contributed by atoms with Gasteiger partial charge in [-0.15, -0.1) is 11.3 Å². The topological polar surface area (TPSA) is 135 Å². The Morgan fingerprint density at radius 2 is 2.10 bits per heavy atom. The largest absolute Gasteiger partial charge is 0.443 e. The summed E-state index contributed by atoms with van der Waals surface area (Å²) in [6.45, 7) is 5.91. The first-order valence-corrected chi connectivity index (χ1v) is 13.3. The third-order valence-electron chi connectivity index (χ3n) is 6.30. The quantitative estimate of drug-likeness (QED) is 0.263. The number of carbonyl (C=O) groups excluding carboxylic acids is 2. The molecule has 1 aromatic carbocycles. The molecule has 0 aliphatic carbocycles. The number of hydrogen-bond donors (Lipinski definition) is 3. The van der Waals surface area contributed by atoms with Gasteiger partial charge in [-0.05, 0) is 48.1 Å². The zero-order valence-electron chi connectivity index (χ0n) is 21.5. The molecule has 0 bridgehead atoms. The minimum absolute atomic E-state index is 0.0613. The zero-order valence-corrected chi connectivity index (χ0v) is 22.3. The van der Waals surface area contributed by atoms with Crippen molar-refractivity contribution in [1.82, 2.24) is 25.2 Å². The van der Waals surface area contributed by atoms with Gasteiger partial charge in [0.2, 0.25) is 11.9 Å². The average Bonchev–Trinajstić information content (AvgIpc) is 3.50. The predicted molar refractivity (Wildman–Crippen MR) is 148 cm³/mol. The van der Waals surface area contributed by atoms with Gasteiger partial charge in [-0.3, -0.25) is 0 Å². The molecule has 5 rings (SSSR count). The van der Waals surface area contributed by atoms with Gasteiger partial charge in [0.05, 0.1) is 10.6 Å². The van der Waals surface area contributed by atoms with E-state index in [2.05, 4.69) is 25.6 Å². The second-order valence-corrected chi connectivity index (χ2v) is 10.8. The number of benzene rings is 1. The van der Waals surface area contributed by atoms with Crippen LogP contribution >= 0.6 is 11.3 Å². The third kappa shape index (κ3) is 6.06. The van der Waals surface area contributed by atoms with Gasteiger partial charge >= 0.3 is 12.1 Å². The number of thiophene rings is 1. The number of urea groups is 1. The molecule has 10 nitrogen and oxygen atoms in total. The molecule has 0 unspecified atom stereocenters. The molecule has 0 atom stereocenters. The maximum absolute atomic E-state index is 14.4. The monoisotopic (exact) mass is 549 g/mol. The van der Waals surface area contributed by atoms with Crippen molar-refractivity contribution in [2.75, 3.05) is 31.5 Å². The fourth-order valence-corrected chi connectivity index (χ4v) is 5.78. The summed E-state index contributed by atoms with van der Waals surface area (Å²) >= 11 is 1.54. The number of anilines is 1. The second-order valence-electron chi connectivity index (χ2n) is 9.77. The Morgan fingerprint density at radius 1 is 1.26 bits per heavy atom. The predicted octanol–water partition coefficient (Wildman–Crippen LogP) is 4.41. The number of nitrogens with two attached hydrogens (primary N) is 1. The summed E-state index contributed by atoms with van der Waals surface area (Å²) in [5, 5.41) is 6.96. The van der Waals surface area contributed by atoms with Gasteiger partial charge in [0.15, 0.2) is 0 Å². The van der Waals surface area contributed by atoms with Gasteiger partial charge in [-0.2, -0.15) is 4.39 Å². The number of amides is 3. The van der Waals surface area contributed by atoms with Crippen LogP contribution in [0.25, 0.3) is 31.8 Å². The highest BCUT2D eigenvalue weighted by Crippen LogP contribution is 2.40. The SMILES string of the molecule is CC(C)(Cc1cnc(F)cc1-c1cccc2cc(-c3ccnc(NCCN4CCNC4=O)n3)sc12)OC(N)=O. The van der Waals surface area contributed by atoms with E-state index >= 15 is 0 Å². The summed E-state index contributed by atoms with van der Waals surface area (Å²) in [6.07, 6.45) is 2.59. The molecule has 1 fully saturated rings. The second kappa shape index (κ2) is 10.8. The molecule has 39 heavy (non-hydrogen) atoms. The number of ether oxygens (including phenoxy) is 1. The Morgan fingerprint density at radius 3 is 2.87 bits per heavy atom. The van der Waals surface area contributed by atoms with Crippen LogP contribution in [0.1, 0.15) is 19.4 Å². The Bertz CT molecular complexity index is 1540. The van der Waals surface area contributed by atoms with Crippen LogP contribution in [0.15, 0.2) is 48.8 Å². The number of halogens is 1. The number of hydrogen-bond acceptors (Lipinski definition) is 8. The molecule has 0 radical (unpaired) electrons. The molecule has 12 heteroatoms. The summed E-state index contributed by atoms with van der Waals surface area (Å²) in [6, 6.07) is 11.1. The van der Waals surface area contributed by atoms with E-state index in [0.29, 0.717) is 44.1 Å². The highest BCUT2D eigenvalue weighted by Gasteiger charge is 2.25. The number of nitrogens with zero attached hydrogens (tertiary/aromatic N) is 4. The van der Waals surface area contributed by atoms with Crippen LogP contribution < -0.4 is 16.4 Å². The van der Waals surface area contributed by atoms with E-state index in [-0.39, 0.29) is 6.03 Å². The van der Waals surface area contributed by atoms with E-state index in [1.54, 1.807) is 36.3 Å². The van der Waals surface area contributed by atoms with E-state index in [1.807, 2.05) is 30.3 Å². The molecular formula is C27H28FN7O3S. The minimum atomic E-state index is -0.905. The maximum atomic E-state index is 14.4. The van der Waals surface area contributed by atoms with Crippen molar-refractivity contribution in [3.05, 3.63) is 60.3 Å². The summed E-state index contributed by atoms with van der Waals surface area (Å²) in [5.74, 6) is -0.131. The van der Waals surface area contributed by atoms with E-state index in [4.69, 9.17) is 10.5 Å². The van der Waals surface area contributed by atoms with Crippen LogP contribution in [0, 0.1) is 5.95 Å². The zero-order chi connectivity index (χ0) is 27.6. The van der Waals surface area contributed by atoms with E-state index in [9.17, 15) is 14.0 Å². The summed E-state index contributed by atoms with van der Waals surface area (Å²) < 4.78 is 20.6. The van der Waals surface area contributed by atoms with Crippen LogP contribution in [0.4, 0.5) is 19.9 Å². The molecular weight excluding hydrogens is 521 g/mol. The van der Waals surface area contributed by atoms with Crippen LogP contribution in [-0.4, -0.2) is 63.8 Å². The number of rotatable bonds is 9. The van der Waals surface area contributed by atoms with Crippen molar-refractivity contribution >= 4 is 39.5 Å². The number of pyridine rings is 1. The third-order valence-corrected chi connectivity index (χ3v) is 7.51. The first kappa shape index (κ1) is 26.3. The van der Waals surface area contributed by atoms with Gasteiger partial charge in [0.1, 0.15) is 5.60 Å². The lowest BCUT2D eigenvalue weighted by Crippen LogP contribution is -2.33. The molecule has 4 heterocycles. The highest BCUT2D eigenvalue weighted by molar-refractivity contribution is 7.22. The van der Waals surface area contributed by atoms with Gasteiger partial charge in [-0.1, -0.05) is 18.2 Å². The van der Waals surface area contributed by atoms with Crippen molar-refractivity contribution in [2.24, 2.45) is 5.73 Å². The summed E-state index contributed by atoms with van der Waals surface area (Å²) in [4.78, 5) is 38.6. The molecule has 1 aliphatic heterocycles. The van der Waals surface area contributed by atoms with Crippen molar-refractivity contribution in [1.29, 1.82) is 0 Å². The molecule has 0 spiro atoms. The summed E-state index contributed by atoms with van der Waals surface area (Å²) in [7, 11) is 0. The molecule has 4 aromatic rings. The minimum Gasteiger partial charge on any atom is -0.443 e. The molecule has 1 saturated heterocycles. The fraction of sp³-hybridized carbons (Fsp3) is 0.296. The Hall–Kier alpha value is -4.32. The van der Waals surface area contributed by atoms with Crippen LogP contribution in [0.3, 0.4) is 0 Å². The van der Waals surface area contributed by atoms with Crippen molar-refractivity contribution < 1.29 is 18.7 Å². The molecule has 4 N–H and O–H groups in total. The van der Waals surface area contributed by atoms with E-state index < -0.39 is 17.6 Å². The van der Waals surface area contributed by atoms with Gasteiger partial charge in [0, 0.05) is 55.8 Å².